The minimum atomic E-state index is -0.411. The zero-order valence-electron chi connectivity index (χ0n) is 11.8. The Morgan fingerprint density at radius 2 is 1.90 bits per heavy atom. The van der Waals surface area contributed by atoms with Crippen LogP contribution in [0, 0.1) is 0 Å². The van der Waals surface area contributed by atoms with Crippen molar-refractivity contribution < 1.29 is 9.90 Å². The lowest BCUT2D eigenvalue weighted by molar-refractivity contribution is -0.122. The summed E-state index contributed by atoms with van der Waals surface area (Å²) < 4.78 is 0. The second-order valence-electron chi connectivity index (χ2n) is 5.53. The first-order valence-electron chi connectivity index (χ1n) is 7.45. The number of amides is 1. The van der Waals surface area contributed by atoms with Crippen LogP contribution in [-0.4, -0.2) is 23.2 Å². The van der Waals surface area contributed by atoms with Crippen molar-refractivity contribution in [3.63, 3.8) is 0 Å². The highest BCUT2D eigenvalue weighted by Gasteiger charge is 2.23. The fraction of sp³-hybridized carbons (Fsp3) is 0.562. The maximum Gasteiger partial charge on any atom is 0.224 e. The SMILES string of the molecule is NCc1ccccc1CC(=O)NC1CCCCCC1O. The Hall–Kier alpha value is -1.39. The second-order valence-corrected chi connectivity index (χ2v) is 5.53. The molecule has 0 radical (unpaired) electrons. The van der Waals surface area contributed by atoms with Crippen LogP contribution in [0.1, 0.15) is 43.2 Å². The van der Waals surface area contributed by atoms with Crippen molar-refractivity contribution in [3.05, 3.63) is 35.4 Å². The lowest BCUT2D eigenvalue weighted by Crippen LogP contribution is -2.43. The highest BCUT2D eigenvalue weighted by molar-refractivity contribution is 5.79. The largest absolute Gasteiger partial charge is 0.391 e. The Kier molecular flexibility index (Phi) is 5.56. The molecule has 1 aliphatic rings. The van der Waals surface area contributed by atoms with Crippen LogP contribution >= 0.6 is 0 Å². The van der Waals surface area contributed by atoms with E-state index in [9.17, 15) is 9.90 Å². The van der Waals surface area contributed by atoms with Gasteiger partial charge in [-0.1, -0.05) is 43.5 Å². The fourth-order valence-electron chi connectivity index (χ4n) is 2.82. The van der Waals surface area contributed by atoms with Crippen LogP contribution in [0.15, 0.2) is 24.3 Å². The van der Waals surface area contributed by atoms with Crippen LogP contribution in [-0.2, 0) is 17.8 Å². The summed E-state index contributed by atoms with van der Waals surface area (Å²) in [5.74, 6) is -0.0307. The molecule has 110 valence electrons. The molecule has 0 heterocycles. The molecule has 0 saturated heterocycles. The van der Waals surface area contributed by atoms with E-state index in [2.05, 4.69) is 5.32 Å². The average Bonchev–Trinajstić information content (AvgIpc) is 2.65. The highest BCUT2D eigenvalue weighted by atomic mass is 16.3. The van der Waals surface area contributed by atoms with Crippen molar-refractivity contribution in [2.24, 2.45) is 5.73 Å². The van der Waals surface area contributed by atoms with E-state index in [0.717, 1.165) is 43.2 Å². The molecule has 1 aromatic rings. The maximum absolute atomic E-state index is 12.1. The molecule has 0 spiro atoms. The summed E-state index contributed by atoms with van der Waals surface area (Å²) in [4.78, 5) is 12.1. The molecule has 0 aromatic heterocycles. The third kappa shape index (κ3) is 4.05. The third-order valence-corrected chi connectivity index (χ3v) is 4.02. The van der Waals surface area contributed by atoms with Crippen LogP contribution in [0.3, 0.4) is 0 Å². The molecule has 0 bridgehead atoms. The number of rotatable bonds is 4. The number of carbonyl (C=O) groups is 1. The Balaban J connectivity index is 1.94. The van der Waals surface area contributed by atoms with Crippen LogP contribution in [0.25, 0.3) is 0 Å². The van der Waals surface area contributed by atoms with Crippen LogP contribution in [0.2, 0.25) is 0 Å². The molecule has 2 atom stereocenters. The number of carbonyl (C=O) groups excluding carboxylic acids is 1. The lowest BCUT2D eigenvalue weighted by atomic mass is 10.0. The summed E-state index contributed by atoms with van der Waals surface area (Å²) in [6.07, 6.45) is 4.82. The van der Waals surface area contributed by atoms with E-state index in [0.29, 0.717) is 13.0 Å². The van der Waals surface area contributed by atoms with Gasteiger partial charge in [-0.2, -0.15) is 0 Å². The van der Waals surface area contributed by atoms with E-state index in [1.54, 1.807) is 0 Å². The van der Waals surface area contributed by atoms with E-state index in [1.807, 2.05) is 24.3 Å². The van der Waals surface area contributed by atoms with Crippen LogP contribution < -0.4 is 11.1 Å². The van der Waals surface area contributed by atoms with Gasteiger partial charge in [0, 0.05) is 6.54 Å². The molecular formula is C16H24N2O2. The molecular weight excluding hydrogens is 252 g/mol. The second kappa shape index (κ2) is 7.41. The van der Waals surface area contributed by atoms with Gasteiger partial charge >= 0.3 is 0 Å². The number of hydrogen-bond acceptors (Lipinski definition) is 3. The van der Waals surface area contributed by atoms with Crippen molar-refractivity contribution in [2.75, 3.05) is 0 Å². The molecule has 20 heavy (non-hydrogen) atoms. The first-order valence-corrected chi connectivity index (χ1v) is 7.45. The Morgan fingerprint density at radius 3 is 2.65 bits per heavy atom. The number of nitrogens with two attached hydrogens (primary N) is 1. The first kappa shape index (κ1) is 15.0. The normalized spacial score (nSPS) is 23.1. The Morgan fingerprint density at radius 1 is 1.20 bits per heavy atom. The van der Waals surface area contributed by atoms with Gasteiger partial charge in [-0.25, -0.2) is 0 Å². The van der Waals surface area contributed by atoms with Crippen molar-refractivity contribution in [1.29, 1.82) is 0 Å². The van der Waals surface area contributed by atoms with Gasteiger partial charge in [0.1, 0.15) is 0 Å². The minimum Gasteiger partial charge on any atom is -0.391 e. The van der Waals surface area contributed by atoms with Crippen molar-refractivity contribution in [2.45, 2.75) is 57.2 Å². The van der Waals surface area contributed by atoms with E-state index in [-0.39, 0.29) is 11.9 Å². The van der Waals surface area contributed by atoms with Gasteiger partial charge in [0.2, 0.25) is 5.91 Å². The molecule has 4 heteroatoms. The van der Waals surface area contributed by atoms with Crippen molar-refractivity contribution in [3.8, 4) is 0 Å². The van der Waals surface area contributed by atoms with Gasteiger partial charge in [-0.05, 0) is 24.0 Å². The Labute approximate surface area is 120 Å². The number of nitrogens with one attached hydrogen (secondary N) is 1. The topological polar surface area (TPSA) is 75.4 Å². The summed E-state index contributed by atoms with van der Waals surface area (Å²) >= 11 is 0. The van der Waals surface area contributed by atoms with E-state index in [1.165, 1.54) is 0 Å². The quantitative estimate of drug-likeness (QED) is 0.729. The summed E-state index contributed by atoms with van der Waals surface area (Å²) in [5.41, 5.74) is 7.65. The molecule has 1 saturated carbocycles. The Bertz CT molecular complexity index is 448. The van der Waals surface area contributed by atoms with Crippen LogP contribution in [0.5, 0.6) is 0 Å². The lowest BCUT2D eigenvalue weighted by Gasteiger charge is -2.22. The molecule has 2 rings (SSSR count). The summed E-state index contributed by atoms with van der Waals surface area (Å²) in [6, 6.07) is 7.63. The summed E-state index contributed by atoms with van der Waals surface area (Å²) in [6.45, 7) is 0.440. The van der Waals surface area contributed by atoms with E-state index >= 15 is 0 Å². The number of hydrogen-bond donors (Lipinski definition) is 3. The standard InChI is InChI=1S/C16H24N2O2/c17-11-13-7-5-4-6-12(13)10-16(20)18-14-8-2-1-3-9-15(14)19/h4-7,14-15,19H,1-3,8-11,17H2,(H,18,20). The van der Waals surface area contributed by atoms with Gasteiger partial charge in [0.25, 0.3) is 0 Å². The molecule has 1 amide bonds. The average molecular weight is 276 g/mol. The fourth-order valence-corrected chi connectivity index (χ4v) is 2.82. The van der Waals surface area contributed by atoms with Gasteiger partial charge in [0.15, 0.2) is 0 Å². The molecule has 0 aliphatic heterocycles. The van der Waals surface area contributed by atoms with Crippen molar-refractivity contribution >= 4 is 5.91 Å². The van der Waals surface area contributed by atoms with Crippen molar-refractivity contribution in [1.82, 2.24) is 5.32 Å². The summed E-state index contributed by atoms with van der Waals surface area (Å²) in [5, 5.41) is 13.0. The van der Waals surface area contributed by atoms with Gasteiger partial charge in [0.05, 0.1) is 18.6 Å². The van der Waals surface area contributed by atoms with Gasteiger partial charge < -0.3 is 16.2 Å². The van der Waals surface area contributed by atoms with Gasteiger partial charge in [-0.3, -0.25) is 4.79 Å². The predicted octanol–water partition coefficient (Wildman–Crippen LogP) is 1.50. The zero-order valence-corrected chi connectivity index (χ0v) is 11.8. The molecule has 1 aliphatic carbocycles. The predicted molar refractivity (Wildman–Crippen MR) is 79.1 cm³/mol. The van der Waals surface area contributed by atoms with E-state index in [4.69, 9.17) is 5.73 Å². The molecule has 4 N–H and O–H groups in total. The maximum atomic E-state index is 12.1. The molecule has 4 nitrogen and oxygen atoms in total. The molecule has 1 fully saturated rings. The monoisotopic (exact) mass is 276 g/mol. The highest BCUT2D eigenvalue weighted by Crippen LogP contribution is 2.18. The minimum absolute atomic E-state index is 0.0307. The van der Waals surface area contributed by atoms with Crippen LogP contribution in [0.4, 0.5) is 0 Å². The molecule has 2 unspecified atom stereocenters. The smallest absolute Gasteiger partial charge is 0.224 e. The number of benzene rings is 1. The number of aliphatic hydroxyl groups is 1. The summed E-state index contributed by atoms with van der Waals surface area (Å²) in [7, 11) is 0. The number of aliphatic hydroxyl groups excluding tert-OH is 1. The van der Waals surface area contributed by atoms with E-state index < -0.39 is 6.10 Å². The van der Waals surface area contributed by atoms with Gasteiger partial charge in [-0.15, -0.1) is 0 Å². The first-order chi connectivity index (χ1) is 9.70. The third-order valence-electron chi connectivity index (χ3n) is 4.02. The molecule has 1 aromatic carbocycles. The zero-order chi connectivity index (χ0) is 14.4.